The predicted molar refractivity (Wildman–Crippen MR) is 39.5 cm³/mol. The van der Waals surface area contributed by atoms with Gasteiger partial charge in [0, 0.05) is 0 Å². The molecule has 0 aliphatic heterocycles. The van der Waals surface area contributed by atoms with E-state index in [1.807, 2.05) is 0 Å². The zero-order valence-corrected chi connectivity index (χ0v) is 7.47. The maximum absolute atomic E-state index is 10.3. The van der Waals surface area contributed by atoms with Crippen LogP contribution in [0.15, 0.2) is 0 Å². The molecule has 0 saturated carbocycles. The molecule has 3 N–H and O–H groups in total. The van der Waals surface area contributed by atoms with E-state index in [1.165, 1.54) is 0 Å². The Labute approximate surface area is 63.9 Å². The molecule has 0 bridgehead atoms. The maximum atomic E-state index is 10.3. The van der Waals surface area contributed by atoms with Crippen molar-refractivity contribution in [1.29, 1.82) is 0 Å². The van der Waals surface area contributed by atoms with Crippen LogP contribution in [0.1, 0.15) is 0 Å². The van der Waals surface area contributed by atoms with Crippen LogP contribution >= 0.6 is 28.3 Å². The van der Waals surface area contributed by atoms with Gasteiger partial charge in [-0.1, -0.05) is 0 Å². The molecule has 0 aromatic heterocycles. The normalized spacial score (nSPS) is 16.6. The molecule has 0 amide bonds. The minimum Gasteiger partial charge on any atom is -0.321 e. The van der Waals surface area contributed by atoms with Gasteiger partial charge in [0.05, 0.1) is 5.75 Å². The maximum Gasteiger partial charge on any atom is 0.522 e. The molecule has 0 radical (unpaired) electrons. The van der Waals surface area contributed by atoms with Gasteiger partial charge in [0.2, 0.25) is 0 Å². The standard InChI is InChI=1S/C2H6O5P2S/c3-8(4)2(1-10)9(5,6)7/h2H,1H2,(H3-,3,4,5,6,7,10)/p+1. The molecule has 0 spiro atoms. The number of hydrogen-bond donors (Lipinski definition) is 4. The van der Waals surface area contributed by atoms with Crippen LogP contribution < -0.4 is 0 Å². The average molecular weight is 205 g/mol. The Morgan fingerprint density at radius 3 is 2.00 bits per heavy atom. The number of hydrogen-bond acceptors (Lipinski definition) is 3. The summed E-state index contributed by atoms with van der Waals surface area (Å²) >= 11 is 3.51. The van der Waals surface area contributed by atoms with Crippen LogP contribution in [0.2, 0.25) is 0 Å². The van der Waals surface area contributed by atoms with E-state index in [2.05, 4.69) is 12.6 Å². The van der Waals surface area contributed by atoms with Gasteiger partial charge in [0.1, 0.15) is 0 Å². The molecule has 5 nitrogen and oxygen atoms in total. The first kappa shape index (κ1) is 10.6. The molecule has 0 heterocycles. The van der Waals surface area contributed by atoms with Gasteiger partial charge in [-0.3, -0.25) is 4.57 Å². The van der Waals surface area contributed by atoms with Crippen molar-refractivity contribution in [3.63, 3.8) is 0 Å². The van der Waals surface area contributed by atoms with Crippen molar-refractivity contribution < 1.29 is 23.8 Å². The zero-order valence-electron chi connectivity index (χ0n) is 4.78. The molecular weight excluding hydrogens is 198 g/mol. The first-order valence-corrected chi connectivity index (χ1v) is 5.80. The highest BCUT2D eigenvalue weighted by Crippen LogP contribution is 2.51. The molecule has 2 atom stereocenters. The molecule has 0 aliphatic carbocycles. The summed E-state index contributed by atoms with van der Waals surface area (Å²) in [6.45, 7) is 0. The van der Waals surface area contributed by atoms with Crippen molar-refractivity contribution in [3.05, 3.63) is 0 Å². The van der Waals surface area contributed by atoms with Crippen molar-refractivity contribution in [2.75, 3.05) is 5.75 Å². The van der Waals surface area contributed by atoms with E-state index in [0.29, 0.717) is 0 Å². The third-order valence-electron chi connectivity index (χ3n) is 0.807. The Morgan fingerprint density at radius 2 is 2.00 bits per heavy atom. The average Bonchev–Trinajstić information content (AvgIpc) is 1.60. The number of thiol groups is 1. The molecule has 2 unspecified atom stereocenters. The second-order valence-electron chi connectivity index (χ2n) is 1.55. The van der Waals surface area contributed by atoms with Gasteiger partial charge in [-0.15, -0.1) is 0 Å². The van der Waals surface area contributed by atoms with E-state index in [9.17, 15) is 9.13 Å². The fourth-order valence-corrected chi connectivity index (χ4v) is 2.74. The Morgan fingerprint density at radius 1 is 1.60 bits per heavy atom. The van der Waals surface area contributed by atoms with E-state index in [4.69, 9.17) is 14.7 Å². The van der Waals surface area contributed by atoms with Gasteiger partial charge in [0.15, 0.2) is 0 Å². The summed E-state index contributed by atoms with van der Waals surface area (Å²) in [5, 5.41) is -1.54. The van der Waals surface area contributed by atoms with Gasteiger partial charge < -0.3 is 9.79 Å². The fourth-order valence-electron chi connectivity index (χ4n) is 0.305. The fraction of sp³-hybridized carbons (Fsp3) is 1.00. The van der Waals surface area contributed by atoms with Crippen LogP contribution in [0, 0.1) is 0 Å². The van der Waals surface area contributed by atoms with Gasteiger partial charge in [-0.2, -0.15) is 17.5 Å². The summed E-state index contributed by atoms with van der Waals surface area (Å²) in [7, 11) is -7.28. The molecular formula is C2H7O5P2S+. The molecule has 0 fully saturated rings. The summed E-state index contributed by atoms with van der Waals surface area (Å²) in [5.41, 5.74) is 0. The Balaban J connectivity index is 4.38. The third kappa shape index (κ3) is 3.10. The molecule has 0 saturated heterocycles. The first-order chi connectivity index (χ1) is 4.39. The van der Waals surface area contributed by atoms with Crippen LogP contribution in [0.25, 0.3) is 0 Å². The van der Waals surface area contributed by atoms with Crippen molar-refractivity contribution in [2.24, 2.45) is 0 Å². The lowest BCUT2D eigenvalue weighted by Gasteiger charge is -2.01. The molecule has 10 heavy (non-hydrogen) atoms. The topological polar surface area (TPSA) is 94.8 Å². The van der Waals surface area contributed by atoms with E-state index >= 15 is 0 Å². The SMILES string of the molecule is O=[P+](O)C(CS)P(=O)(O)O. The summed E-state index contributed by atoms with van der Waals surface area (Å²) < 4.78 is 20.5. The van der Waals surface area contributed by atoms with Crippen molar-refractivity contribution >= 4 is 28.3 Å². The zero-order chi connectivity index (χ0) is 8.36. The first-order valence-electron chi connectivity index (χ1n) is 2.21. The van der Waals surface area contributed by atoms with Gasteiger partial charge in [-0.25, -0.2) is 0 Å². The molecule has 0 aliphatic rings. The second-order valence-corrected chi connectivity index (χ2v) is 5.36. The van der Waals surface area contributed by atoms with Crippen molar-refractivity contribution in [1.82, 2.24) is 0 Å². The largest absolute Gasteiger partial charge is 0.522 e. The van der Waals surface area contributed by atoms with Crippen molar-refractivity contribution in [3.8, 4) is 0 Å². The van der Waals surface area contributed by atoms with Gasteiger partial charge in [-0.05, 0) is 4.57 Å². The molecule has 0 rings (SSSR count). The molecule has 0 aromatic carbocycles. The Hall–Kier alpha value is 0.560. The lowest BCUT2D eigenvalue weighted by molar-refractivity contribution is 0.368. The van der Waals surface area contributed by atoms with Crippen LogP contribution in [0.4, 0.5) is 0 Å². The van der Waals surface area contributed by atoms with E-state index in [0.717, 1.165) is 0 Å². The monoisotopic (exact) mass is 205 g/mol. The summed E-state index contributed by atoms with van der Waals surface area (Å²) in [6.07, 6.45) is 0. The lowest BCUT2D eigenvalue weighted by atomic mass is 10.9. The minimum atomic E-state index is -4.44. The second kappa shape index (κ2) is 3.81. The highest BCUT2D eigenvalue weighted by Gasteiger charge is 2.44. The van der Waals surface area contributed by atoms with Crippen LogP contribution in [0.3, 0.4) is 0 Å². The molecule has 60 valence electrons. The summed E-state index contributed by atoms with van der Waals surface area (Å²) in [5.74, 6) is -0.296. The van der Waals surface area contributed by atoms with Crippen LogP contribution in [-0.4, -0.2) is 25.8 Å². The third-order valence-corrected chi connectivity index (χ3v) is 4.89. The number of rotatable bonds is 3. The highest BCUT2D eigenvalue weighted by atomic mass is 32.1. The minimum absolute atomic E-state index is 0.296. The van der Waals surface area contributed by atoms with Gasteiger partial charge >= 0.3 is 15.6 Å². The Bertz CT molecular complexity index is 174. The lowest BCUT2D eigenvalue weighted by Crippen LogP contribution is -2.04. The van der Waals surface area contributed by atoms with Crippen molar-refractivity contribution in [2.45, 2.75) is 5.40 Å². The predicted octanol–water partition coefficient (Wildman–Crippen LogP) is 0.155. The summed E-state index contributed by atoms with van der Waals surface area (Å²) in [6, 6.07) is 0. The Kier molecular flexibility index (Phi) is 4.02. The summed E-state index contributed by atoms with van der Waals surface area (Å²) in [4.78, 5) is 25.0. The molecule has 0 aromatic rings. The quantitative estimate of drug-likeness (QED) is 0.388. The smallest absolute Gasteiger partial charge is 0.321 e. The van der Waals surface area contributed by atoms with E-state index in [-0.39, 0.29) is 5.75 Å². The van der Waals surface area contributed by atoms with E-state index < -0.39 is 21.0 Å². The van der Waals surface area contributed by atoms with Gasteiger partial charge in [0.25, 0.3) is 5.40 Å². The highest BCUT2D eigenvalue weighted by molar-refractivity contribution is 7.82. The van der Waals surface area contributed by atoms with E-state index in [1.54, 1.807) is 0 Å². The van der Waals surface area contributed by atoms with Crippen LogP contribution in [-0.2, 0) is 9.13 Å². The van der Waals surface area contributed by atoms with Crippen LogP contribution in [0.5, 0.6) is 0 Å². The molecule has 8 heteroatoms.